The van der Waals surface area contributed by atoms with Crippen molar-refractivity contribution in [2.45, 2.75) is 35.9 Å². The minimum Gasteiger partial charge on any atom is -0.249 e. The molecule has 24 heavy (non-hydrogen) atoms. The van der Waals surface area contributed by atoms with Crippen LogP contribution in [0.4, 0.5) is 4.39 Å². The number of halogens is 1. The van der Waals surface area contributed by atoms with E-state index in [9.17, 15) is 12.8 Å². The monoisotopic (exact) mass is 368 g/mol. The Morgan fingerprint density at radius 3 is 2.46 bits per heavy atom. The van der Waals surface area contributed by atoms with Gasteiger partial charge in [0.1, 0.15) is 10.7 Å². The molecule has 7 heteroatoms. The van der Waals surface area contributed by atoms with Crippen LogP contribution in [0, 0.1) is 5.82 Å². The van der Waals surface area contributed by atoms with Gasteiger partial charge in [0.05, 0.1) is 5.03 Å². The number of nitrogens with zero attached hydrogens (tertiary/aromatic N) is 2. The fourth-order valence-electron chi connectivity index (χ4n) is 2.31. The molecule has 1 unspecified atom stereocenters. The second-order valence-electron chi connectivity index (χ2n) is 5.24. The molecule has 4 nitrogen and oxygen atoms in total. The third-order valence-electron chi connectivity index (χ3n) is 3.67. The summed E-state index contributed by atoms with van der Waals surface area (Å²) in [4.78, 5) is 4.44. The maximum atomic E-state index is 13.3. The number of hydrogen-bond donors (Lipinski definition) is 0. The summed E-state index contributed by atoms with van der Waals surface area (Å²) < 4.78 is 39.5. The average Bonchev–Trinajstić information content (AvgIpc) is 2.56. The van der Waals surface area contributed by atoms with Crippen LogP contribution >= 0.6 is 11.8 Å². The zero-order valence-corrected chi connectivity index (χ0v) is 15.6. The first kappa shape index (κ1) is 18.9. The van der Waals surface area contributed by atoms with Crippen molar-refractivity contribution in [3.8, 4) is 0 Å². The highest BCUT2D eigenvalue weighted by atomic mass is 32.2. The maximum Gasteiger partial charge on any atom is 0.244 e. The number of rotatable bonds is 7. The molecule has 1 atom stereocenters. The summed E-state index contributed by atoms with van der Waals surface area (Å²) in [5.41, 5.74) is 0.863. The number of thioether (sulfide) groups is 1. The Labute approximate surface area is 147 Å². The van der Waals surface area contributed by atoms with Crippen LogP contribution in [-0.2, 0) is 10.0 Å². The van der Waals surface area contributed by atoms with E-state index in [0.717, 1.165) is 5.56 Å². The van der Waals surface area contributed by atoms with Crippen LogP contribution in [0.15, 0.2) is 52.5 Å². The van der Waals surface area contributed by atoms with Crippen LogP contribution in [0.3, 0.4) is 0 Å². The van der Waals surface area contributed by atoms with Crippen LogP contribution in [0.2, 0.25) is 0 Å². The van der Waals surface area contributed by atoms with Crippen molar-refractivity contribution in [1.82, 2.24) is 9.29 Å². The van der Waals surface area contributed by atoms with Crippen LogP contribution in [0.5, 0.6) is 0 Å². The highest BCUT2D eigenvalue weighted by Gasteiger charge is 2.22. The molecular weight excluding hydrogens is 347 g/mol. The first-order chi connectivity index (χ1) is 11.4. The Morgan fingerprint density at radius 1 is 1.21 bits per heavy atom. The van der Waals surface area contributed by atoms with E-state index in [2.05, 4.69) is 4.98 Å². The second kappa shape index (κ2) is 8.09. The largest absolute Gasteiger partial charge is 0.249 e. The summed E-state index contributed by atoms with van der Waals surface area (Å²) in [6.45, 7) is 6.41. The fraction of sp³-hybridized carbons (Fsp3) is 0.353. The minimum absolute atomic E-state index is 0.0124. The molecule has 0 fully saturated rings. The molecule has 0 amide bonds. The lowest BCUT2D eigenvalue weighted by Crippen LogP contribution is -2.30. The van der Waals surface area contributed by atoms with Crippen molar-refractivity contribution in [1.29, 1.82) is 0 Å². The van der Waals surface area contributed by atoms with Crippen molar-refractivity contribution < 1.29 is 12.8 Å². The molecule has 1 aromatic carbocycles. The number of aromatic nitrogens is 1. The Morgan fingerprint density at radius 2 is 1.92 bits per heavy atom. The molecule has 0 radical (unpaired) electrons. The third kappa shape index (κ3) is 4.34. The van der Waals surface area contributed by atoms with Crippen LogP contribution < -0.4 is 0 Å². The van der Waals surface area contributed by atoms with E-state index in [4.69, 9.17) is 0 Å². The van der Waals surface area contributed by atoms with E-state index >= 15 is 0 Å². The van der Waals surface area contributed by atoms with Crippen molar-refractivity contribution in [2.24, 2.45) is 0 Å². The molecule has 0 aliphatic carbocycles. The van der Waals surface area contributed by atoms with Crippen molar-refractivity contribution in [3.05, 3.63) is 54.0 Å². The zero-order chi connectivity index (χ0) is 17.7. The van der Waals surface area contributed by atoms with Crippen molar-refractivity contribution in [3.63, 3.8) is 0 Å². The van der Waals surface area contributed by atoms with Gasteiger partial charge in [0.2, 0.25) is 10.0 Å². The Kier molecular flexibility index (Phi) is 6.37. The lowest BCUT2D eigenvalue weighted by molar-refractivity contribution is 0.445. The number of hydrogen-bond acceptors (Lipinski definition) is 4. The normalized spacial score (nSPS) is 13.2. The predicted octanol–water partition coefficient (Wildman–Crippen LogP) is 4.10. The van der Waals surface area contributed by atoms with E-state index in [-0.39, 0.29) is 16.0 Å². The third-order valence-corrected chi connectivity index (χ3v) is 6.81. The number of sulfonamides is 1. The second-order valence-corrected chi connectivity index (χ2v) is 8.54. The van der Waals surface area contributed by atoms with E-state index < -0.39 is 10.0 Å². The molecule has 130 valence electrons. The molecule has 0 bridgehead atoms. The van der Waals surface area contributed by atoms with Gasteiger partial charge in [-0.05, 0) is 36.8 Å². The minimum atomic E-state index is -3.49. The van der Waals surface area contributed by atoms with Gasteiger partial charge in [-0.3, -0.25) is 0 Å². The SMILES string of the molecule is CCN(CC)S(=O)(=O)c1ccc(SC(C)c2cccc(F)c2)nc1. The van der Waals surface area contributed by atoms with Gasteiger partial charge in [0.15, 0.2) is 0 Å². The lowest BCUT2D eigenvalue weighted by atomic mass is 10.2. The molecule has 0 aliphatic heterocycles. The highest BCUT2D eigenvalue weighted by molar-refractivity contribution is 7.99. The lowest BCUT2D eigenvalue weighted by Gasteiger charge is -2.18. The fourth-order valence-corrected chi connectivity index (χ4v) is 4.62. The van der Waals surface area contributed by atoms with Gasteiger partial charge in [0, 0.05) is 24.5 Å². The Bertz CT molecular complexity index is 775. The molecule has 2 aromatic rings. The van der Waals surface area contributed by atoms with Crippen LogP contribution in [0.25, 0.3) is 0 Å². The standard InChI is InChI=1S/C17H21FN2O2S2/c1-4-20(5-2)24(21,22)16-9-10-17(19-12-16)23-13(3)14-7-6-8-15(18)11-14/h6-13H,4-5H2,1-3H3. The van der Waals surface area contributed by atoms with Gasteiger partial charge in [-0.25, -0.2) is 17.8 Å². The van der Waals surface area contributed by atoms with Crippen molar-refractivity contribution in [2.75, 3.05) is 13.1 Å². The summed E-state index contributed by atoms with van der Waals surface area (Å²) in [6.07, 6.45) is 1.38. The van der Waals surface area contributed by atoms with E-state index in [0.29, 0.717) is 18.1 Å². The first-order valence-electron chi connectivity index (χ1n) is 7.76. The molecule has 0 aliphatic rings. The maximum absolute atomic E-state index is 13.3. The molecule has 0 saturated heterocycles. The first-order valence-corrected chi connectivity index (χ1v) is 10.1. The molecule has 2 rings (SSSR count). The van der Waals surface area contributed by atoms with Gasteiger partial charge >= 0.3 is 0 Å². The molecule has 0 N–H and O–H groups in total. The zero-order valence-electron chi connectivity index (χ0n) is 13.9. The number of pyridine rings is 1. The Hall–Kier alpha value is -1.44. The number of benzene rings is 1. The highest BCUT2D eigenvalue weighted by Crippen LogP contribution is 2.34. The molecule has 1 heterocycles. The van der Waals surface area contributed by atoms with Crippen LogP contribution in [0.1, 0.15) is 31.6 Å². The van der Waals surface area contributed by atoms with Gasteiger partial charge in [-0.1, -0.05) is 37.7 Å². The topological polar surface area (TPSA) is 50.3 Å². The summed E-state index contributed by atoms with van der Waals surface area (Å²) in [6, 6.07) is 9.70. The molecule has 1 aromatic heterocycles. The summed E-state index contributed by atoms with van der Waals surface area (Å²) in [5.74, 6) is -0.270. The average molecular weight is 368 g/mol. The van der Waals surface area contributed by atoms with E-state index in [1.54, 1.807) is 32.0 Å². The molecular formula is C17H21FN2O2S2. The summed E-state index contributed by atoms with van der Waals surface area (Å²) in [7, 11) is -3.49. The predicted molar refractivity (Wildman–Crippen MR) is 95.0 cm³/mol. The van der Waals surface area contributed by atoms with Gasteiger partial charge in [0.25, 0.3) is 0 Å². The quantitative estimate of drug-likeness (QED) is 0.690. The van der Waals surface area contributed by atoms with E-state index in [1.165, 1.54) is 34.4 Å². The van der Waals surface area contributed by atoms with Gasteiger partial charge in [-0.2, -0.15) is 4.31 Å². The van der Waals surface area contributed by atoms with E-state index in [1.807, 2.05) is 13.0 Å². The molecule has 0 saturated carbocycles. The van der Waals surface area contributed by atoms with Gasteiger partial charge < -0.3 is 0 Å². The summed E-state index contributed by atoms with van der Waals surface area (Å²) in [5, 5.41) is 0.712. The summed E-state index contributed by atoms with van der Waals surface area (Å²) >= 11 is 1.46. The van der Waals surface area contributed by atoms with Gasteiger partial charge in [-0.15, -0.1) is 0 Å². The Balaban J connectivity index is 2.15. The smallest absolute Gasteiger partial charge is 0.244 e. The molecule has 0 spiro atoms. The van der Waals surface area contributed by atoms with Crippen LogP contribution in [-0.4, -0.2) is 30.8 Å². The van der Waals surface area contributed by atoms with Crippen molar-refractivity contribution >= 4 is 21.8 Å².